The van der Waals surface area contributed by atoms with Crippen LogP contribution in [0.2, 0.25) is 0 Å². The molecule has 0 saturated heterocycles. The number of hydrogen-bond donors (Lipinski definition) is 0. The number of nitrogens with zero attached hydrogens (tertiary/aromatic N) is 1. The van der Waals surface area contributed by atoms with Crippen molar-refractivity contribution in [3.05, 3.63) is 64.6 Å². The predicted octanol–water partition coefficient (Wildman–Crippen LogP) is 3.63. The standard InChI is InChI=1S/C18H19NO3/c1-2-14-8-10-15(11-9-14)21-13-5-12-19-16-6-3-4-7-17(16)22-18(19)20/h3-4,6-11H,2,5,12-13H2,1H3. The number of hydrogen-bond acceptors (Lipinski definition) is 3. The molecule has 0 saturated carbocycles. The number of aryl methyl sites for hydroxylation is 2. The summed E-state index contributed by atoms with van der Waals surface area (Å²) in [5.41, 5.74) is 2.76. The molecule has 1 aromatic heterocycles. The molecule has 22 heavy (non-hydrogen) atoms. The van der Waals surface area contributed by atoms with Crippen molar-refractivity contribution in [1.82, 2.24) is 4.57 Å². The SMILES string of the molecule is CCc1ccc(OCCCn2c(=O)oc3ccccc32)cc1. The van der Waals surface area contributed by atoms with Crippen LogP contribution < -0.4 is 10.5 Å². The van der Waals surface area contributed by atoms with Gasteiger partial charge in [0.25, 0.3) is 0 Å². The first-order chi connectivity index (χ1) is 10.8. The maximum Gasteiger partial charge on any atom is 0.419 e. The summed E-state index contributed by atoms with van der Waals surface area (Å²) in [6, 6.07) is 15.6. The Morgan fingerprint density at radius 2 is 1.86 bits per heavy atom. The number of benzene rings is 2. The highest BCUT2D eigenvalue weighted by Gasteiger charge is 2.07. The second-order valence-corrected chi connectivity index (χ2v) is 5.19. The number of rotatable bonds is 6. The zero-order valence-corrected chi connectivity index (χ0v) is 12.6. The van der Waals surface area contributed by atoms with E-state index in [0.717, 1.165) is 24.1 Å². The van der Waals surface area contributed by atoms with E-state index >= 15 is 0 Å². The Kier molecular flexibility index (Phi) is 4.28. The van der Waals surface area contributed by atoms with Crippen LogP contribution >= 0.6 is 0 Å². The maximum atomic E-state index is 11.8. The molecule has 0 atom stereocenters. The molecule has 3 rings (SSSR count). The molecule has 0 N–H and O–H groups in total. The van der Waals surface area contributed by atoms with Gasteiger partial charge in [0.15, 0.2) is 5.58 Å². The molecule has 4 heteroatoms. The van der Waals surface area contributed by atoms with Gasteiger partial charge in [-0.2, -0.15) is 0 Å². The van der Waals surface area contributed by atoms with Gasteiger partial charge in [-0.25, -0.2) is 4.79 Å². The summed E-state index contributed by atoms with van der Waals surface area (Å²) in [6.45, 7) is 3.28. The van der Waals surface area contributed by atoms with Gasteiger partial charge >= 0.3 is 5.76 Å². The molecular formula is C18H19NO3. The monoisotopic (exact) mass is 297 g/mol. The average molecular weight is 297 g/mol. The lowest BCUT2D eigenvalue weighted by Gasteiger charge is -2.07. The minimum Gasteiger partial charge on any atom is -0.494 e. The van der Waals surface area contributed by atoms with Gasteiger partial charge in [-0.3, -0.25) is 4.57 Å². The first-order valence-corrected chi connectivity index (χ1v) is 7.58. The van der Waals surface area contributed by atoms with Gasteiger partial charge in [-0.1, -0.05) is 31.2 Å². The van der Waals surface area contributed by atoms with Gasteiger partial charge in [-0.15, -0.1) is 0 Å². The fourth-order valence-corrected chi connectivity index (χ4v) is 2.46. The lowest BCUT2D eigenvalue weighted by molar-refractivity contribution is 0.300. The van der Waals surface area contributed by atoms with Gasteiger partial charge in [0.05, 0.1) is 12.1 Å². The molecule has 1 heterocycles. The molecular weight excluding hydrogens is 278 g/mol. The van der Waals surface area contributed by atoms with E-state index in [0.29, 0.717) is 18.7 Å². The number of para-hydroxylation sites is 2. The second kappa shape index (κ2) is 6.52. The molecule has 0 aliphatic heterocycles. The molecule has 0 spiro atoms. The summed E-state index contributed by atoms with van der Waals surface area (Å²) >= 11 is 0. The first-order valence-electron chi connectivity index (χ1n) is 7.58. The van der Waals surface area contributed by atoms with E-state index in [9.17, 15) is 4.79 Å². The van der Waals surface area contributed by atoms with Crippen molar-refractivity contribution in [2.24, 2.45) is 0 Å². The average Bonchev–Trinajstić information content (AvgIpc) is 2.88. The van der Waals surface area contributed by atoms with Crippen molar-refractivity contribution >= 4 is 11.1 Å². The molecule has 0 fully saturated rings. The van der Waals surface area contributed by atoms with E-state index < -0.39 is 0 Å². The number of fused-ring (bicyclic) bond motifs is 1. The summed E-state index contributed by atoms with van der Waals surface area (Å²) in [5, 5.41) is 0. The van der Waals surface area contributed by atoms with E-state index in [4.69, 9.17) is 9.15 Å². The summed E-state index contributed by atoms with van der Waals surface area (Å²) in [5.74, 6) is 0.551. The van der Waals surface area contributed by atoms with Crippen LogP contribution in [0.3, 0.4) is 0 Å². The first kappa shape index (κ1) is 14.4. The number of aromatic nitrogens is 1. The third-order valence-electron chi connectivity index (χ3n) is 3.70. The molecule has 0 amide bonds. The fraction of sp³-hybridized carbons (Fsp3) is 0.278. The molecule has 114 valence electrons. The maximum absolute atomic E-state index is 11.8. The lowest BCUT2D eigenvalue weighted by atomic mass is 10.2. The quantitative estimate of drug-likeness (QED) is 0.653. The fourth-order valence-electron chi connectivity index (χ4n) is 2.46. The minimum absolute atomic E-state index is 0.312. The minimum atomic E-state index is -0.312. The Hall–Kier alpha value is -2.49. The normalized spacial score (nSPS) is 11.0. The molecule has 3 aromatic rings. The van der Waals surface area contributed by atoms with Crippen molar-refractivity contribution in [2.45, 2.75) is 26.3 Å². The smallest absolute Gasteiger partial charge is 0.419 e. The highest BCUT2D eigenvalue weighted by atomic mass is 16.5. The van der Waals surface area contributed by atoms with Crippen LogP contribution in [0.4, 0.5) is 0 Å². The van der Waals surface area contributed by atoms with Crippen molar-refractivity contribution in [2.75, 3.05) is 6.61 Å². The lowest BCUT2D eigenvalue weighted by Crippen LogP contribution is -2.15. The van der Waals surface area contributed by atoms with Crippen LogP contribution in [0.25, 0.3) is 11.1 Å². The number of oxazole rings is 1. The Morgan fingerprint density at radius 3 is 2.64 bits per heavy atom. The van der Waals surface area contributed by atoms with Crippen LogP contribution in [0.5, 0.6) is 5.75 Å². The van der Waals surface area contributed by atoms with Crippen molar-refractivity contribution < 1.29 is 9.15 Å². The van der Waals surface area contributed by atoms with Crippen LogP contribution in [0.1, 0.15) is 18.9 Å². The molecule has 0 radical (unpaired) electrons. The molecule has 0 aliphatic carbocycles. The predicted molar refractivity (Wildman–Crippen MR) is 86.4 cm³/mol. The topological polar surface area (TPSA) is 44.4 Å². The third kappa shape index (κ3) is 3.06. The summed E-state index contributed by atoms with van der Waals surface area (Å²) in [6.07, 6.45) is 1.77. The van der Waals surface area contributed by atoms with Crippen molar-refractivity contribution in [1.29, 1.82) is 0 Å². The van der Waals surface area contributed by atoms with Crippen LogP contribution in [0, 0.1) is 0 Å². The Morgan fingerprint density at radius 1 is 1.09 bits per heavy atom. The van der Waals surface area contributed by atoms with Gasteiger partial charge in [0, 0.05) is 6.54 Å². The van der Waals surface area contributed by atoms with Crippen molar-refractivity contribution in [3.63, 3.8) is 0 Å². The highest BCUT2D eigenvalue weighted by Crippen LogP contribution is 2.14. The van der Waals surface area contributed by atoms with E-state index in [-0.39, 0.29) is 5.76 Å². The van der Waals surface area contributed by atoms with Crippen LogP contribution in [-0.2, 0) is 13.0 Å². The summed E-state index contributed by atoms with van der Waals surface area (Å²) in [4.78, 5) is 11.8. The van der Waals surface area contributed by atoms with Gasteiger partial charge < -0.3 is 9.15 Å². The zero-order chi connectivity index (χ0) is 15.4. The Balaban J connectivity index is 1.58. The van der Waals surface area contributed by atoms with Crippen LogP contribution in [0.15, 0.2) is 57.7 Å². The van der Waals surface area contributed by atoms with Crippen molar-refractivity contribution in [3.8, 4) is 5.75 Å². The van der Waals surface area contributed by atoms with Gasteiger partial charge in [0.1, 0.15) is 5.75 Å². The molecule has 0 unspecified atom stereocenters. The largest absolute Gasteiger partial charge is 0.494 e. The van der Waals surface area contributed by atoms with E-state index in [1.54, 1.807) is 10.6 Å². The summed E-state index contributed by atoms with van der Waals surface area (Å²) < 4.78 is 12.6. The van der Waals surface area contributed by atoms with Gasteiger partial charge in [0.2, 0.25) is 0 Å². The van der Waals surface area contributed by atoms with E-state index in [2.05, 4.69) is 19.1 Å². The van der Waals surface area contributed by atoms with E-state index in [1.807, 2.05) is 30.3 Å². The molecule has 0 bridgehead atoms. The number of ether oxygens (including phenoxy) is 1. The molecule has 0 aliphatic rings. The Labute approximate surface area is 128 Å². The third-order valence-corrected chi connectivity index (χ3v) is 3.70. The highest BCUT2D eigenvalue weighted by molar-refractivity contribution is 5.72. The zero-order valence-electron chi connectivity index (χ0n) is 12.6. The summed E-state index contributed by atoms with van der Waals surface area (Å²) in [7, 11) is 0. The second-order valence-electron chi connectivity index (χ2n) is 5.19. The van der Waals surface area contributed by atoms with Gasteiger partial charge in [-0.05, 0) is 42.7 Å². The molecule has 4 nitrogen and oxygen atoms in total. The molecule has 2 aromatic carbocycles. The van der Waals surface area contributed by atoms with E-state index in [1.165, 1.54) is 5.56 Å². The Bertz CT molecular complexity index is 799. The van der Waals surface area contributed by atoms with Crippen LogP contribution in [-0.4, -0.2) is 11.2 Å².